The highest BCUT2D eigenvalue weighted by Gasteiger charge is 2.19. The molecule has 7 nitrogen and oxygen atoms in total. The third kappa shape index (κ3) is 3.68. The molecule has 3 aromatic carbocycles. The number of hydrogen-bond acceptors (Lipinski definition) is 4. The highest BCUT2D eigenvalue weighted by molar-refractivity contribution is 6.04. The average Bonchev–Trinajstić information content (AvgIpc) is 3.12. The van der Waals surface area contributed by atoms with Gasteiger partial charge in [-0.15, -0.1) is 0 Å². The molecule has 0 saturated heterocycles. The number of aromatic nitrogens is 2. The Labute approximate surface area is 172 Å². The van der Waals surface area contributed by atoms with Crippen LogP contribution in [0.4, 0.5) is 11.4 Å². The smallest absolute Gasteiger partial charge is 0.280 e. The summed E-state index contributed by atoms with van der Waals surface area (Å²) >= 11 is 0. The molecule has 0 unspecified atom stereocenters. The number of rotatable bonds is 5. The molecule has 0 aliphatic carbocycles. The largest absolute Gasteiger partial charge is 0.290 e. The Morgan fingerprint density at radius 3 is 2.13 bits per heavy atom. The van der Waals surface area contributed by atoms with Crippen molar-refractivity contribution in [2.24, 2.45) is 4.99 Å². The van der Waals surface area contributed by atoms with Crippen molar-refractivity contribution in [3.05, 3.63) is 111 Å². The van der Waals surface area contributed by atoms with Crippen LogP contribution in [0.25, 0.3) is 16.9 Å². The monoisotopic (exact) mass is 398 g/mol. The first-order valence-electron chi connectivity index (χ1n) is 9.30. The second-order valence-electron chi connectivity index (χ2n) is 6.67. The molecule has 148 valence electrons. The molecule has 0 spiro atoms. The van der Waals surface area contributed by atoms with Gasteiger partial charge in [0, 0.05) is 17.7 Å². The maximum atomic E-state index is 13.3. The topological polar surface area (TPSA) is 93.3 Å². The van der Waals surface area contributed by atoms with Crippen LogP contribution in [0.1, 0.15) is 12.5 Å². The molecule has 1 aromatic heterocycles. The molecule has 1 heterocycles. The van der Waals surface area contributed by atoms with E-state index in [1.807, 2.05) is 60.7 Å². The van der Waals surface area contributed by atoms with Gasteiger partial charge >= 0.3 is 0 Å². The van der Waals surface area contributed by atoms with Gasteiger partial charge in [-0.05, 0) is 31.2 Å². The minimum Gasteiger partial charge on any atom is -0.290 e. The van der Waals surface area contributed by atoms with Crippen LogP contribution in [0.15, 0.2) is 94.7 Å². The molecule has 7 heteroatoms. The Morgan fingerprint density at radius 2 is 1.53 bits per heavy atom. The SMILES string of the molecule is CC(=Nc1ccccc1)c1c(-c2ccccc2)[nH]n(-c2ccc([N+](=O)[O-])cc2)c1=O. The zero-order valence-corrected chi connectivity index (χ0v) is 16.1. The zero-order valence-electron chi connectivity index (χ0n) is 16.1. The Bertz CT molecular complexity index is 1270. The average molecular weight is 398 g/mol. The lowest BCUT2D eigenvalue weighted by atomic mass is 10.1. The van der Waals surface area contributed by atoms with Crippen LogP contribution >= 0.6 is 0 Å². The summed E-state index contributed by atoms with van der Waals surface area (Å²) < 4.78 is 1.38. The standard InChI is InChI=1S/C23H18N4O3/c1-16(24-18-10-6-3-7-11-18)21-22(17-8-4-2-5-9-17)25-26(23(21)28)19-12-14-20(15-13-19)27(29)30/h2-15,25H,1H3. The van der Waals surface area contributed by atoms with E-state index in [9.17, 15) is 14.9 Å². The fourth-order valence-corrected chi connectivity index (χ4v) is 3.24. The van der Waals surface area contributed by atoms with E-state index < -0.39 is 4.92 Å². The summed E-state index contributed by atoms with van der Waals surface area (Å²) in [6.45, 7) is 1.80. The predicted octanol–water partition coefficient (Wildman–Crippen LogP) is 4.88. The molecule has 0 saturated carbocycles. The van der Waals surface area contributed by atoms with Gasteiger partial charge in [0.1, 0.15) is 0 Å². The number of nitrogens with one attached hydrogen (secondary N) is 1. The van der Waals surface area contributed by atoms with Crippen molar-refractivity contribution >= 4 is 17.1 Å². The normalized spacial score (nSPS) is 11.4. The van der Waals surface area contributed by atoms with Crippen molar-refractivity contribution < 1.29 is 4.92 Å². The van der Waals surface area contributed by atoms with Gasteiger partial charge in [-0.3, -0.25) is 25.0 Å². The first kappa shape index (κ1) is 19.1. The van der Waals surface area contributed by atoms with Gasteiger partial charge in [-0.25, -0.2) is 4.68 Å². The third-order valence-corrected chi connectivity index (χ3v) is 4.69. The van der Waals surface area contributed by atoms with Crippen molar-refractivity contribution in [1.82, 2.24) is 9.78 Å². The van der Waals surface area contributed by atoms with Crippen LogP contribution in [-0.2, 0) is 0 Å². The number of H-pyrrole nitrogens is 1. The van der Waals surface area contributed by atoms with Crippen LogP contribution in [-0.4, -0.2) is 20.4 Å². The summed E-state index contributed by atoms with van der Waals surface area (Å²) in [5, 5.41) is 14.1. The molecule has 0 amide bonds. The van der Waals surface area contributed by atoms with Crippen LogP contribution < -0.4 is 5.56 Å². The number of non-ortho nitro benzene ring substituents is 1. The minimum absolute atomic E-state index is 0.0383. The maximum Gasteiger partial charge on any atom is 0.280 e. The lowest BCUT2D eigenvalue weighted by Gasteiger charge is -2.03. The molecule has 1 N–H and O–H groups in total. The molecular weight excluding hydrogens is 380 g/mol. The van der Waals surface area contributed by atoms with Crippen molar-refractivity contribution in [3.8, 4) is 16.9 Å². The van der Waals surface area contributed by atoms with Gasteiger partial charge in [-0.2, -0.15) is 0 Å². The number of nitro groups is 1. The predicted molar refractivity (Wildman–Crippen MR) is 117 cm³/mol. The van der Waals surface area contributed by atoms with Crippen molar-refractivity contribution in [2.45, 2.75) is 6.92 Å². The van der Waals surface area contributed by atoms with E-state index in [2.05, 4.69) is 10.1 Å². The van der Waals surface area contributed by atoms with Crippen molar-refractivity contribution in [2.75, 3.05) is 0 Å². The molecule has 0 atom stereocenters. The Hall–Kier alpha value is -4.26. The van der Waals surface area contributed by atoms with Crippen molar-refractivity contribution in [1.29, 1.82) is 0 Å². The van der Waals surface area contributed by atoms with Gasteiger partial charge in [0.15, 0.2) is 0 Å². The van der Waals surface area contributed by atoms with Gasteiger partial charge in [0.2, 0.25) is 0 Å². The Kier molecular flexibility index (Phi) is 5.09. The van der Waals surface area contributed by atoms with E-state index >= 15 is 0 Å². The number of aromatic amines is 1. The molecule has 30 heavy (non-hydrogen) atoms. The van der Waals surface area contributed by atoms with Gasteiger partial charge in [-0.1, -0.05) is 48.5 Å². The van der Waals surface area contributed by atoms with Crippen LogP contribution in [0.2, 0.25) is 0 Å². The summed E-state index contributed by atoms with van der Waals surface area (Å²) in [5.74, 6) is 0. The zero-order chi connectivity index (χ0) is 21.1. The number of hydrogen-bond donors (Lipinski definition) is 1. The summed E-state index contributed by atoms with van der Waals surface area (Å²) in [6.07, 6.45) is 0. The van der Waals surface area contributed by atoms with E-state index in [0.29, 0.717) is 22.7 Å². The highest BCUT2D eigenvalue weighted by Crippen LogP contribution is 2.23. The number of nitrogens with zero attached hydrogens (tertiary/aromatic N) is 3. The number of aliphatic imine (C=N–C) groups is 1. The second-order valence-corrected chi connectivity index (χ2v) is 6.67. The summed E-state index contributed by atoms with van der Waals surface area (Å²) in [4.78, 5) is 28.4. The fourth-order valence-electron chi connectivity index (χ4n) is 3.24. The second kappa shape index (κ2) is 8.00. The maximum absolute atomic E-state index is 13.3. The summed E-state index contributed by atoms with van der Waals surface area (Å²) in [6, 6.07) is 24.7. The first-order valence-corrected chi connectivity index (χ1v) is 9.30. The number of benzene rings is 3. The molecule has 0 aliphatic heterocycles. The molecule has 0 aliphatic rings. The number of nitro benzene ring substituents is 1. The van der Waals surface area contributed by atoms with E-state index in [-0.39, 0.29) is 11.2 Å². The molecular formula is C23H18N4O3. The van der Waals surface area contributed by atoms with E-state index in [1.54, 1.807) is 6.92 Å². The van der Waals surface area contributed by atoms with E-state index in [0.717, 1.165) is 11.3 Å². The van der Waals surface area contributed by atoms with Gasteiger partial charge < -0.3 is 0 Å². The highest BCUT2D eigenvalue weighted by atomic mass is 16.6. The van der Waals surface area contributed by atoms with Gasteiger partial charge in [0.05, 0.1) is 33.3 Å². The fraction of sp³-hybridized carbons (Fsp3) is 0.0435. The Balaban J connectivity index is 1.89. The van der Waals surface area contributed by atoms with Gasteiger partial charge in [0.25, 0.3) is 11.2 Å². The lowest BCUT2D eigenvalue weighted by molar-refractivity contribution is -0.384. The van der Waals surface area contributed by atoms with Crippen molar-refractivity contribution in [3.63, 3.8) is 0 Å². The Morgan fingerprint density at radius 1 is 0.933 bits per heavy atom. The van der Waals surface area contributed by atoms with E-state index in [1.165, 1.54) is 28.9 Å². The van der Waals surface area contributed by atoms with E-state index in [4.69, 9.17) is 0 Å². The summed E-state index contributed by atoms with van der Waals surface area (Å²) in [7, 11) is 0. The lowest BCUT2D eigenvalue weighted by Crippen LogP contribution is -2.19. The molecule has 0 radical (unpaired) electrons. The molecule has 4 rings (SSSR count). The van der Waals surface area contributed by atoms with Crippen LogP contribution in [0.5, 0.6) is 0 Å². The number of para-hydroxylation sites is 1. The molecule has 0 bridgehead atoms. The minimum atomic E-state index is -0.473. The first-order chi connectivity index (χ1) is 14.5. The molecule has 0 fully saturated rings. The quantitative estimate of drug-likeness (QED) is 0.295. The molecule has 4 aromatic rings. The van der Waals surface area contributed by atoms with Crippen LogP contribution in [0.3, 0.4) is 0 Å². The van der Waals surface area contributed by atoms with Crippen LogP contribution in [0, 0.1) is 10.1 Å². The third-order valence-electron chi connectivity index (χ3n) is 4.69. The summed E-state index contributed by atoms with van der Waals surface area (Å²) in [5.41, 5.74) is 3.43.